The van der Waals surface area contributed by atoms with E-state index in [9.17, 15) is 13.2 Å². The first-order valence-electron chi connectivity index (χ1n) is 10.9. The third-order valence-electron chi connectivity index (χ3n) is 5.37. The average molecular weight is 493 g/mol. The summed E-state index contributed by atoms with van der Waals surface area (Å²) in [6, 6.07) is 17.9. The van der Waals surface area contributed by atoms with Crippen LogP contribution in [0.15, 0.2) is 60.7 Å². The van der Waals surface area contributed by atoms with Gasteiger partial charge in [0.2, 0.25) is 0 Å². The molecule has 2 heterocycles. The van der Waals surface area contributed by atoms with Crippen molar-refractivity contribution in [3.05, 3.63) is 71.8 Å². The van der Waals surface area contributed by atoms with Gasteiger partial charge in [0.15, 0.2) is 12.1 Å². The van der Waals surface area contributed by atoms with E-state index in [4.69, 9.17) is 27.9 Å². The monoisotopic (exact) mass is 492 g/mol. The van der Waals surface area contributed by atoms with Crippen molar-refractivity contribution in [3.8, 4) is 0 Å². The summed E-state index contributed by atoms with van der Waals surface area (Å²) in [6.07, 6.45) is -3.35. The highest BCUT2D eigenvalue weighted by Crippen LogP contribution is 2.40. The number of carbonyl (C=O) groups excluding carboxylic acids is 1. The van der Waals surface area contributed by atoms with Gasteiger partial charge in [-0.2, -0.15) is 8.42 Å². The maximum atomic E-state index is 12.5. The van der Waals surface area contributed by atoms with Gasteiger partial charge in [0.1, 0.15) is 31.0 Å². The molecule has 0 saturated carbocycles. The largest absolute Gasteiger partial charge is 0.459 e. The van der Waals surface area contributed by atoms with Gasteiger partial charge in [0, 0.05) is 0 Å². The minimum absolute atomic E-state index is 0.230. The summed E-state index contributed by atoms with van der Waals surface area (Å²) in [5.74, 6) is -1.52. The molecule has 9 nitrogen and oxygen atoms in total. The first-order valence-corrected chi connectivity index (χ1v) is 12.7. The van der Waals surface area contributed by atoms with Crippen molar-refractivity contribution < 1.29 is 41.1 Å². The molecule has 0 N–H and O–H groups in total. The third-order valence-corrected chi connectivity index (χ3v) is 5.96. The van der Waals surface area contributed by atoms with Crippen LogP contribution in [0.1, 0.15) is 29.8 Å². The molecule has 2 saturated heterocycles. The number of ether oxygens (including phenoxy) is 5. The molecular weight excluding hydrogens is 464 g/mol. The molecule has 2 aliphatic rings. The first-order chi connectivity index (χ1) is 16.1. The van der Waals surface area contributed by atoms with Gasteiger partial charge in [-0.25, -0.2) is 4.79 Å². The van der Waals surface area contributed by atoms with Crippen LogP contribution in [0.2, 0.25) is 0 Å². The first kappa shape index (κ1) is 24.8. The van der Waals surface area contributed by atoms with Crippen molar-refractivity contribution in [2.24, 2.45) is 0 Å². The highest BCUT2D eigenvalue weighted by atomic mass is 32.2. The maximum Gasteiger partial charge on any atom is 0.338 e. The van der Waals surface area contributed by atoms with E-state index < -0.39 is 52.6 Å². The van der Waals surface area contributed by atoms with Crippen molar-refractivity contribution in [2.45, 2.75) is 56.9 Å². The molecule has 34 heavy (non-hydrogen) atoms. The Morgan fingerprint density at radius 2 is 1.68 bits per heavy atom. The molecule has 2 aromatic rings. The van der Waals surface area contributed by atoms with Crippen LogP contribution in [-0.4, -0.2) is 63.7 Å². The highest BCUT2D eigenvalue weighted by Gasteiger charge is 2.58. The standard InChI is InChI=1S/C24H28O9S/c1-24(2)31-21-20(28-14-16-10-6-4-7-11-16)19(30-23(21)32-24)18(33-34(3,26)27)15-29-22(25)17-12-8-5-9-13-17/h4-13,18-21,23H,14-15H2,1-3H3/t18-,19-,20+,21+,23+/m1/s1. The molecule has 0 amide bonds. The van der Waals surface area contributed by atoms with Crippen molar-refractivity contribution in [1.82, 2.24) is 0 Å². The molecule has 4 rings (SSSR count). The molecule has 2 aromatic carbocycles. The predicted octanol–water partition coefficient (Wildman–Crippen LogP) is 2.65. The van der Waals surface area contributed by atoms with Crippen LogP contribution in [0.5, 0.6) is 0 Å². The van der Waals surface area contributed by atoms with Crippen molar-refractivity contribution in [3.63, 3.8) is 0 Å². The van der Waals surface area contributed by atoms with Crippen LogP contribution in [0, 0.1) is 0 Å². The zero-order valence-corrected chi connectivity index (χ0v) is 20.0. The molecule has 0 unspecified atom stereocenters. The second-order valence-electron chi connectivity index (χ2n) is 8.63. The number of esters is 1. The lowest BCUT2D eigenvalue weighted by Gasteiger charge is -2.30. The number of rotatable bonds is 9. The van der Waals surface area contributed by atoms with Gasteiger partial charge in [-0.05, 0) is 31.5 Å². The Bertz CT molecular complexity index is 1070. The van der Waals surface area contributed by atoms with Crippen LogP contribution in [0.25, 0.3) is 0 Å². The van der Waals surface area contributed by atoms with Gasteiger partial charge >= 0.3 is 5.97 Å². The highest BCUT2D eigenvalue weighted by molar-refractivity contribution is 7.86. The Kier molecular flexibility index (Phi) is 7.36. The Morgan fingerprint density at radius 3 is 2.32 bits per heavy atom. The second-order valence-corrected chi connectivity index (χ2v) is 10.2. The zero-order chi connectivity index (χ0) is 24.3. The van der Waals surface area contributed by atoms with E-state index in [0.717, 1.165) is 11.8 Å². The summed E-state index contributed by atoms with van der Waals surface area (Å²) in [5, 5.41) is 0. The summed E-state index contributed by atoms with van der Waals surface area (Å²) >= 11 is 0. The number of benzene rings is 2. The average Bonchev–Trinajstić information content (AvgIpc) is 3.27. The SMILES string of the molecule is CC1(C)O[C@@H]2O[C@H]([C@@H](COC(=O)c3ccccc3)OS(C)(=O)=O)[C@H](OCc3ccccc3)[C@@H]2O1. The molecule has 184 valence electrons. The van der Waals surface area contributed by atoms with Gasteiger partial charge < -0.3 is 23.7 Å². The number of hydrogen-bond donors (Lipinski definition) is 0. The van der Waals surface area contributed by atoms with Crippen LogP contribution in [-0.2, 0) is 44.6 Å². The van der Waals surface area contributed by atoms with E-state index in [1.807, 2.05) is 30.3 Å². The Hall–Kier alpha value is -2.34. The van der Waals surface area contributed by atoms with Crippen molar-refractivity contribution >= 4 is 16.1 Å². The number of fused-ring (bicyclic) bond motifs is 1. The van der Waals surface area contributed by atoms with Crippen molar-refractivity contribution in [2.75, 3.05) is 12.9 Å². The van der Waals surface area contributed by atoms with E-state index in [1.165, 1.54) is 0 Å². The smallest absolute Gasteiger partial charge is 0.338 e. The molecule has 0 aromatic heterocycles. The summed E-state index contributed by atoms with van der Waals surface area (Å²) in [6.45, 7) is 3.36. The Balaban J connectivity index is 1.53. The van der Waals surface area contributed by atoms with E-state index in [2.05, 4.69) is 0 Å². The third kappa shape index (κ3) is 6.21. The second kappa shape index (κ2) is 10.1. The fourth-order valence-electron chi connectivity index (χ4n) is 3.98. The lowest BCUT2D eigenvalue weighted by Crippen LogP contribution is -2.46. The van der Waals surface area contributed by atoms with Crippen LogP contribution >= 0.6 is 0 Å². The van der Waals surface area contributed by atoms with E-state index in [-0.39, 0.29) is 13.2 Å². The summed E-state index contributed by atoms with van der Waals surface area (Å²) in [4.78, 5) is 12.5. The molecule has 0 radical (unpaired) electrons. The molecule has 2 fully saturated rings. The molecule has 2 aliphatic heterocycles. The van der Waals surface area contributed by atoms with Gasteiger partial charge in [0.05, 0.1) is 18.4 Å². The number of hydrogen-bond acceptors (Lipinski definition) is 9. The zero-order valence-electron chi connectivity index (χ0n) is 19.2. The lowest BCUT2D eigenvalue weighted by atomic mass is 10.1. The fourth-order valence-corrected chi connectivity index (χ4v) is 4.59. The van der Waals surface area contributed by atoms with Crippen molar-refractivity contribution in [1.29, 1.82) is 0 Å². The quantitative estimate of drug-likeness (QED) is 0.386. The summed E-state index contributed by atoms with van der Waals surface area (Å²) in [7, 11) is -3.92. The van der Waals surface area contributed by atoms with Gasteiger partial charge in [0.25, 0.3) is 10.1 Å². The summed E-state index contributed by atoms with van der Waals surface area (Å²) in [5.41, 5.74) is 1.24. The van der Waals surface area contributed by atoms with E-state index >= 15 is 0 Å². The van der Waals surface area contributed by atoms with Gasteiger partial charge in [-0.15, -0.1) is 0 Å². The topological polar surface area (TPSA) is 107 Å². The Morgan fingerprint density at radius 1 is 1.03 bits per heavy atom. The van der Waals surface area contributed by atoms with Gasteiger partial charge in [-0.3, -0.25) is 4.18 Å². The molecule has 5 atom stereocenters. The fraction of sp³-hybridized carbons (Fsp3) is 0.458. The van der Waals surface area contributed by atoms with E-state index in [0.29, 0.717) is 5.56 Å². The molecule has 0 aliphatic carbocycles. The maximum absolute atomic E-state index is 12.5. The predicted molar refractivity (Wildman–Crippen MR) is 120 cm³/mol. The molecule has 0 spiro atoms. The minimum Gasteiger partial charge on any atom is -0.459 e. The van der Waals surface area contributed by atoms with Crippen LogP contribution < -0.4 is 0 Å². The van der Waals surface area contributed by atoms with Crippen LogP contribution in [0.3, 0.4) is 0 Å². The van der Waals surface area contributed by atoms with Gasteiger partial charge in [-0.1, -0.05) is 48.5 Å². The van der Waals surface area contributed by atoms with Crippen LogP contribution in [0.4, 0.5) is 0 Å². The molecule has 0 bridgehead atoms. The lowest BCUT2D eigenvalue weighted by molar-refractivity contribution is -0.230. The molecule has 10 heteroatoms. The van der Waals surface area contributed by atoms with E-state index in [1.54, 1.807) is 44.2 Å². The number of carbonyl (C=O) groups is 1. The summed E-state index contributed by atoms with van der Waals surface area (Å²) < 4.78 is 58.7. The molecular formula is C24H28O9S. The normalized spacial score (nSPS) is 26.7. The Labute approximate surface area is 199 Å². The minimum atomic E-state index is -3.92.